The fraction of sp³-hybridized carbons (Fsp3) is 0.133. The van der Waals surface area contributed by atoms with E-state index < -0.39 is 11.6 Å². The summed E-state index contributed by atoms with van der Waals surface area (Å²) in [5, 5.41) is 11.4. The Morgan fingerprint density at radius 3 is 2.71 bits per heavy atom. The molecule has 0 atom stereocenters. The number of hydrogen-bond donors (Lipinski definition) is 1. The molecule has 106 valence electrons. The molecular formula is C15H10F2N2O2. The number of ether oxygens (including phenoxy) is 2. The molecular weight excluding hydrogens is 278 g/mol. The smallest absolute Gasteiger partial charge is 0.231 e. The van der Waals surface area contributed by atoms with Crippen molar-refractivity contribution in [3.8, 4) is 17.6 Å². The average Bonchev–Trinajstić information content (AvgIpc) is 2.96. The lowest BCUT2D eigenvalue weighted by molar-refractivity contribution is 0.174. The number of benzene rings is 2. The second-order valence-electron chi connectivity index (χ2n) is 4.44. The van der Waals surface area contributed by atoms with Crippen molar-refractivity contribution in [3.63, 3.8) is 0 Å². The molecule has 0 saturated heterocycles. The van der Waals surface area contributed by atoms with Gasteiger partial charge in [0.25, 0.3) is 0 Å². The van der Waals surface area contributed by atoms with Crippen LogP contribution >= 0.6 is 0 Å². The summed E-state index contributed by atoms with van der Waals surface area (Å²) >= 11 is 0. The zero-order valence-corrected chi connectivity index (χ0v) is 10.8. The van der Waals surface area contributed by atoms with Gasteiger partial charge in [-0.15, -0.1) is 0 Å². The van der Waals surface area contributed by atoms with E-state index in [1.54, 1.807) is 24.3 Å². The molecule has 21 heavy (non-hydrogen) atoms. The fourth-order valence-corrected chi connectivity index (χ4v) is 2.02. The van der Waals surface area contributed by atoms with Gasteiger partial charge in [-0.1, -0.05) is 6.07 Å². The van der Waals surface area contributed by atoms with Gasteiger partial charge in [-0.2, -0.15) is 5.26 Å². The zero-order valence-electron chi connectivity index (χ0n) is 10.8. The number of halogens is 2. The minimum Gasteiger partial charge on any atom is -0.454 e. The number of rotatable bonds is 3. The first kappa shape index (κ1) is 13.2. The van der Waals surface area contributed by atoms with Gasteiger partial charge in [0.1, 0.15) is 6.07 Å². The molecule has 0 saturated carbocycles. The highest BCUT2D eigenvalue weighted by Crippen LogP contribution is 2.32. The van der Waals surface area contributed by atoms with E-state index in [1.807, 2.05) is 0 Å². The van der Waals surface area contributed by atoms with Crippen molar-refractivity contribution in [2.75, 3.05) is 12.1 Å². The summed E-state index contributed by atoms with van der Waals surface area (Å²) in [6, 6.07) is 9.50. The molecule has 0 aliphatic carbocycles. The van der Waals surface area contributed by atoms with Crippen molar-refractivity contribution in [2.24, 2.45) is 0 Å². The normalized spacial score (nSPS) is 12.0. The van der Waals surface area contributed by atoms with E-state index >= 15 is 0 Å². The highest BCUT2D eigenvalue weighted by molar-refractivity contribution is 5.51. The Labute approximate surface area is 119 Å². The molecule has 0 fully saturated rings. The zero-order chi connectivity index (χ0) is 14.8. The van der Waals surface area contributed by atoms with Crippen LogP contribution in [0.1, 0.15) is 11.1 Å². The fourth-order valence-electron chi connectivity index (χ4n) is 2.02. The summed E-state index contributed by atoms with van der Waals surface area (Å²) in [6.07, 6.45) is 0. The first-order valence-corrected chi connectivity index (χ1v) is 6.19. The van der Waals surface area contributed by atoms with Crippen LogP contribution in [0.3, 0.4) is 0 Å². The second-order valence-corrected chi connectivity index (χ2v) is 4.44. The number of nitriles is 1. The molecule has 2 aromatic rings. The van der Waals surface area contributed by atoms with Crippen molar-refractivity contribution in [3.05, 3.63) is 53.1 Å². The van der Waals surface area contributed by atoms with Crippen LogP contribution in [-0.2, 0) is 6.54 Å². The molecule has 1 N–H and O–H groups in total. The van der Waals surface area contributed by atoms with Crippen molar-refractivity contribution in [1.82, 2.24) is 0 Å². The van der Waals surface area contributed by atoms with Crippen LogP contribution in [0.25, 0.3) is 0 Å². The van der Waals surface area contributed by atoms with E-state index in [1.165, 1.54) is 12.1 Å². The quantitative estimate of drug-likeness (QED) is 0.942. The predicted molar refractivity (Wildman–Crippen MR) is 71.0 cm³/mol. The molecule has 1 heterocycles. The van der Waals surface area contributed by atoms with Crippen LogP contribution in [0.15, 0.2) is 30.3 Å². The van der Waals surface area contributed by atoms with Crippen molar-refractivity contribution < 1.29 is 18.3 Å². The van der Waals surface area contributed by atoms with E-state index in [0.29, 0.717) is 18.0 Å². The number of fused-ring (bicyclic) bond motifs is 1. The molecule has 1 aliphatic heterocycles. The Morgan fingerprint density at radius 1 is 1.10 bits per heavy atom. The summed E-state index contributed by atoms with van der Waals surface area (Å²) in [6.45, 7) is 0.473. The summed E-state index contributed by atoms with van der Waals surface area (Å²) in [7, 11) is 0. The molecule has 2 aromatic carbocycles. The molecule has 0 amide bonds. The Kier molecular flexibility index (Phi) is 3.32. The SMILES string of the molecule is N#Cc1ccc(NCc2ccc3c(c2)OCO3)c(F)c1F. The van der Waals surface area contributed by atoms with Crippen LogP contribution in [0.2, 0.25) is 0 Å². The van der Waals surface area contributed by atoms with Gasteiger partial charge in [0, 0.05) is 6.54 Å². The lowest BCUT2D eigenvalue weighted by Gasteiger charge is -2.09. The molecule has 1 aliphatic rings. The Hall–Kier alpha value is -2.81. The van der Waals surface area contributed by atoms with Crippen LogP contribution in [0.4, 0.5) is 14.5 Å². The predicted octanol–water partition coefficient (Wildman–Crippen LogP) is 3.18. The second kappa shape index (κ2) is 5.29. The minimum atomic E-state index is -1.15. The number of anilines is 1. The topological polar surface area (TPSA) is 54.3 Å². The first-order valence-electron chi connectivity index (χ1n) is 6.19. The average molecular weight is 288 g/mol. The van der Waals surface area contributed by atoms with Gasteiger partial charge in [-0.05, 0) is 29.8 Å². The lowest BCUT2D eigenvalue weighted by Crippen LogP contribution is -2.03. The Morgan fingerprint density at radius 2 is 1.90 bits per heavy atom. The van der Waals surface area contributed by atoms with E-state index in [0.717, 1.165) is 5.56 Å². The Balaban J connectivity index is 1.76. The van der Waals surface area contributed by atoms with Crippen molar-refractivity contribution in [2.45, 2.75) is 6.54 Å². The summed E-state index contributed by atoms with van der Waals surface area (Å²) < 4.78 is 37.7. The van der Waals surface area contributed by atoms with Crippen LogP contribution in [0, 0.1) is 23.0 Å². The van der Waals surface area contributed by atoms with Crippen LogP contribution in [-0.4, -0.2) is 6.79 Å². The standard InChI is InChI=1S/C15H10F2N2O2/c16-14-10(6-18)2-3-11(15(14)17)19-7-9-1-4-12-13(5-9)21-8-20-12/h1-5,19H,7-8H2. The van der Waals surface area contributed by atoms with Crippen LogP contribution < -0.4 is 14.8 Å². The van der Waals surface area contributed by atoms with Gasteiger partial charge < -0.3 is 14.8 Å². The van der Waals surface area contributed by atoms with Gasteiger partial charge >= 0.3 is 0 Å². The molecule has 0 unspecified atom stereocenters. The summed E-state index contributed by atoms with van der Waals surface area (Å²) in [4.78, 5) is 0. The number of hydrogen-bond acceptors (Lipinski definition) is 4. The van der Waals surface area contributed by atoms with Gasteiger partial charge in [-0.25, -0.2) is 8.78 Å². The summed E-state index contributed by atoms with van der Waals surface area (Å²) in [5.74, 6) is -0.918. The molecule has 0 spiro atoms. The summed E-state index contributed by atoms with van der Waals surface area (Å²) in [5.41, 5.74) is 0.522. The highest BCUT2D eigenvalue weighted by Gasteiger charge is 2.15. The van der Waals surface area contributed by atoms with Crippen molar-refractivity contribution >= 4 is 5.69 Å². The third kappa shape index (κ3) is 2.46. The molecule has 0 aromatic heterocycles. The molecule has 6 heteroatoms. The van der Waals surface area contributed by atoms with Crippen LogP contribution in [0.5, 0.6) is 11.5 Å². The van der Waals surface area contributed by atoms with Gasteiger partial charge in [-0.3, -0.25) is 0 Å². The van der Waals surface area contributed by atoms with Gasteiger partial charge in [0.15, 0.2) is 23.1 Å². The first-order chi connectivity index (χ1) is 10.2. The maximum absolute atomic E-state index is 13.7. The number of nitrogens with one attached hydrogen (secondary N) is 1. The molecule has 0 radical (unpaired) electrons. The monoisotopic (exact) mass is 288 g/mol. The molecule has 3 rings (SSSR count). The maximum Gasteiger partial charge on any atom is 0.231 e. The Bertz CT molecular complexity index is 741. The van der Waals surface area contributed by atoms with Gasteiger partial charge in [0.05, 0.1) is 11.3 Å². The minimum absolute atomic E-state index is 0.00386. The largest absolute Gasteiger partial charge is 0.454 e. The van der Waals surface area contributed by atoms with E-state index in [9.17, 15) is 8.78 Å². The molecule has 0 bridgehead atoms. The third-order valence-electron chi connectivity index (χ3n) is 3.12. The number of nitrogens with zero attached hydrogens (tertiary/aromatic N) is 1. The van der Waals surface area contributed by atoms with Gasteiger partial charge in [0.2, 0.25) is 6.79 Å². The maximum atomic E-state index is 13.7. The third-order valence-corrected chi connectivity index (χ3v) is 3.12. The van der Waals surface area contributed by atoms with E-state index in [4.69, 9.17) is 14.7 Å². The lowest BCUT2D eigenvalue weighted by atomic mass is 10.1. The highest BCUT2D eigenvalue weighted by atomic mass is 19.2. The van der Waals surface area contributed by atoms with Crippen molar-refractivity contribution in [1.29, 1.82) is 5.26 Å². The van der Waals surface area contributed by atoms with E-state index in [-0.39, 0.29) is 18.0 Å². The molecule has 4 nitrogen and oxygen atoms in total. The van der Waals surface area contributed by atoms with E-state index in [2.05, 4.69) is 5.32 Å².